The van der Waals surface area contributed by atoms with Gasteiger partial charge in [-0.3, -0.25) is 0 Å². The molecule has 9 aromatic carbocycles. The molecule has 1 aromatic heterocycles. The predicted octanol–water partition coefficient (Wildman–Crippen LogP) is 14.7. The maximum absolute atomic E-state index is 2.49. The van der Waals surface area contributed by atoms with E-state index in [0.29, 0.717) is 0 Å². The molecule has 1 heteroatoms. The zero-order valence-electron chi connectivity index (χ0n) is 33.7. The van der Waals surface area contributed by atoms with Gasteiger partial charge in [0, 0.05) is 16.5 Å². The summed E-state index contributed by atoms with van der Waals surface area (Å²) < 4.78 is 2.44. The molecule has 61 heavy (non-hydrogen) atoms. The maximum Gasteiger partial charge on any atom is 0.0719 e. The van der Waals surface area contributed by atoms with E-state index in [1.54, 1.807) is 0 Å². The van der Waals surface area contributed by atoms with Crippen molar-refractivity contribution >= 4 is 32.6 Å². The summed E-state index contributed by atoms with van der Waals surface area (Å²) >= 11 is 0. The zero-order valence-corrected chi connectivity index (χ0v) is 33.7. The second kappa shape index (κ2) is 13.0. The molecular weight excluding hydrogens is 735 g/mol. The van der Waals surface area contributed by atoms with Gasteiger partial charge in [-0.15, -0.1) is 0 Å². The first-order valence-corrected chi connectivity index (χ1v) is 21.6. The van der Waals surface area contributed by atoms with E-state index in [-0.39, 0.29) is 5.92 Å². The van der Waals surface area contributed by atoms with Gasteiger partial charge in [-0.25, -0.2) is 0 Å². The van der Waals surface area contributed by atoms with Crippen molar-refractivity contribution in [2.24, 2.45) is 5.92 Å². The van der Waals surface area contributed by atoms with Gasteiger partial charge in [-0.2, -0.15) is 0 Å². The molecule has 286 valence electrons. The van der Waals surface area contributed by atoms with Gasteiger partial charge in [0.05, 0.1) is 21.9 Å². The minimum absolute atomic E-state index is 0.163. The van der Waals surface area contributed by atoms with Crippen molar-refractivity contribution in [1.82, 2.24) is 4.57 Å². The Hall–Kier alpha value is -7.48. The summed E-state index contributed by atoms with van der Waals surface area (Å²) in [6, 6.07) is 77.9. The second-order valence-electron chi connectivity index (χ2n) is 17.0. The number of nitrogens with zero attached hydrogens (tertiary/aromatic N) is 1. The minimum atomic E-state index is -0.514. The highest BCUT2D eigenvalue weighted by atomic mass is 15.0. The van der Waals surface area contributed by atoms with E-state index in [2.05, 4.69) is 235 Å². The second-order valence-corrected chi connectivity index (χ2v) is 17.0. The van der Waals surface area contributed by atoms with Crippen LogP contribution in [0.5, 0.6) is 0 Å². The van der Waals surface area contributed by atoms with Gasteiger partial charge in [-0.1, -0.05) is 200 Å². The molecule has 0 fully saturated rings. The van der Waals surface area contributed by atoms with Gasteiger partial charge < -0.3 is 4.57 Å². The third-order valence-corrected chi connectivity index (χ3v) is 14.3. The molecule has 0 amide bonds. The van der Waals surface area contributed by atoms with Crippen LogP contribution in [0.3, 0.4) is 0 Å². The van der Waals surface area contributed by atoms with Crippen molar-refractivity contribution in [3.05, 3.63) is 270 Å². The molecule has 10 aromatic rings. The van der Waals surface area contributed by atoms with Crippen molar-refractivity contribution < 1.29 is 0 Å². The first kappa shape index (κ1) is 34.4. The largest absolute Gasteiger partial charge is 0.309 e. The average molecular weight is 776 g/mol. The van der Waals surface area contributed by atoms with E-state index in [1.165, 1.54) is 99.5 Å². The Morgan fingerprint density at radius 3 is 1.92 bits per heavy atom. The van der Waals surface area contributed by atoms with Crippen LogP contribution in [0.25, 0.3) is 60.5 Å². The average Bonchev–Trinajstić information content (AvgIpc) is 3.84. The first-order chi connectivity index (χ1) is 30.3. The van der Waals surface area contributed by atoms with Gasteiger partial charge in [0.25, 0.3) is 0 Å². The summed E-state index contributed by atoms with van der Waals surface area (Å²) in [5.41, 5.74) is 17.4. The van der Waals surface area contributed by atoms with E-state index in [9.17, 15) is 0 Å². The lowest BCUT2D eigenvalue weighted by Crippen LogP contribution is -2.47. The number of hydrogen-bond acceptors (Lipinski definition) is 0. The zero-order chi connectivity index (χ0) is 40.1. The van der Waals surface area contributed by atoms with Crippen LogP contribution in [-0.4, -0.2) is 4.57 Å². The Morgan fingerprint density at radius 1 is 0.443 bits per heavy atom. The summed E-state index contributed by atoms with van der Waals surface area (Å²) in [6.45, 7) is 0. The van der Waals surface area contributed by atoms with Crippen molar-refractivity contribution in [2.75, 3.05) is 0 Å². The molecule has 3 unspecified atom stereocenters. The third-order valence-electron chi connectivity index (χ3n) is 14.3. The highest BCUT2D eigenvalue weighted by Gasteiger charge is 2.59. The lowest BCUT2D eigenvalue weighted by molar-refractivity contribution is 0.424. The molecule has 0 saturated heterocycles. The van der Waals surface area contributed by atoms with Gasteiger partial charge in [0.15, 0.2) is 0 Å². The van der Waals surface area contributed by atoms with Crippen molar-refractivity contribution in [2.45, 2.75) is 17.3 Å². The van der Waals surface area contributed by atoms with E-state index in [4.69, 9.17) is 0 Å². The normalized spacial score (nSPS) is 19.6. The first-order valence-electron chi connectivity index (χ1n) is 21.6. The Labute approximate surface area is 356 Å². The summed E-state index contributed by atoms with van der Waals surface area (Å²) in [7, 11) is 0. The monoisotopic (exact) mass is 775 g/mol. The predicted molar refractivity (Wildman–Crippen MR) is 254 cm³/mol. The number of hydrogen-bond donors (Lipinski definition) is 0. The van der Waals surface area contributed by atoms with Gasteiger partial charge in [-0.05, 0) is 115 Å². The molecule has 3 aliphatic carbocycles. The molecule has 3 atom stereocenters. The van der Waals surface area contributed by atoms with Gasteiger partial charge >= 0.3 is 0 Å². The standard InChI is InChI=1S/C60H41N/c1-4-20-42(21-5-1)59(52-32-16-17-33-53(52)60(43-22-6-2-7-23-43)51-31-15-13-28-47(51)48-29-18-34-54(59)58(48)60)50-30-14-12-26-45(50)41-36-37-55-49(39-41)57-46-27-11-10-19-40(46)35-38-56(57)61(55)44-24-8-3-9-25-44/h1-20,22-39,42H,21H2. The highest BCUT2D eigenvalue weighted by molar-refractivity contribution is 6.22. The van der Waals surface area contributed by atoms with Crippen LogP contribution in [0, 0.1) is 5.92 Å². The molecule has 0 spiro atoms. The molecular formula is C60H41N. The lowest BCUT2D eigenvalue weighted by atomic mass is 9.49. The fraction of sp³-hybridized carbons (Fsp3) is 0.0667. The van der Waals surface area contributed by atoms with Crippen LogP contribution in [0.2, 0.25) is 0 Å². The quantitative estimate of drug-likeness (QED) is 0.164. The molecule has 0 radical (unpaired) electrons. The Kier molecular flexibility index (Phi) is 7.33. The van der Waals surface area contributed by atoms with Gasteiger partial charge in [0.1, 0.15) is 0 Å². The van der Waals surface area contributed by atoms with E-state index in [1.807, 2.05) is 0 Å². The highest BCUT2D eigenvalue weighted by Crippen LogP contribution is 2.67. The van der Waals surface area contributed by atoms with Crippen LogP contribution in [-0.2, 0) is 10.8 Å². The maximum atomic E-state index is 2.49. The van der Waals surface area contributed by atoms with Crippen LogP contribution in [0.15, 0.2) is 231 Å². The summed E-state index contributed by atoms with van der Waals surface area (Å²) in [4.78, 5) is 0. The van der Waals surface area contributed by atoms with Crippen molar-refractivity contribution in [3.8, 4) is 27.9 Å². The lowest BCUT2D eigenvalue weighted by Gasteiger charge is -2.52. The molecule has 13 rings (SSSR count). The summed E-state index contributed by atoms with van der Waals surface area (Å²) in [5.74, 6) is 0.163. The molecule has 0 saturated carbocycles. The number of allylic oxidation sites excluding steroid dienone is 4. The van der Waals surface area contributed by atoms with Crippen molar-refractivity contribution in [3.63, 3.8) is 0 Å². The SMILES string of the molecule is C1=CCC(C2(c3ccccc3-c3ccc4c(c3)c3c5ccccc5ccc3n4-c3ccccc3)c3ccccc3C3(c4ccccc4)c4ccccc4-c4cccc2c43)C=C1. The molecule has 0 bridgehead atoms. The summed E-state index contributed by atoms with van der Waals surface area (Å²) in [6.07, 6.45) is 10.3. The number of aromatic nitrogens is 1. The third kappa shape index (κ3) is 4.50. The number of rotatable bonds is 5. The Morgan fingerprint density at radius 2 is 1.10 bits per heavy atom. The molecule has 1 heterocycles. The van der Waals surface area contributed by atoms with Crippen LogP contribution >= 0.6 is 0 Å². The van der Waals surface area contributed by atoms with Crippen LogP contribution < -0.4 is 0 Å². The topological polar surface area (TPSA) is 4.93 Å². The van der Waals surface area contributed by atoms with E-state index < -0.39 is 10.8 Å². The fourth-order valence-electron chi connectivity index (χ4n) is 12.1. The molecule has 1 nitrogen and oxygen atoms in total. The summed E-state index contributed by atoms with van der Waals surface area (Å²) in [5, 5.41) is 5.09. The Bertz CT molecular complexity index is 3460. The molecule has 0 aliphatic heterocycles. The van der Waals surface area contributed by atoms with Crippen LogP contribution in [0.4, 0.5) is 0 Å². The minimum Gasteiger partial charge on any atom is -0.309 e. The Balaban J connectivity index is 1.15. The molecule has 3 aliphatic rings. The fourth-order valence-corrected chi connectivity index (χ4v) is 12.1. The van der Waals surface area contributed by atoms with Crippen molar-refractivity contribution in [1.29, 1.82) is 0 Å². The van der Waals surface area contributed by atoms with Gasteiger partial charge in [0.2, 0.25) is 0 Å². The van der Waals surface area contributed by atoms with Crippen LogP contribution in [0.1, 0.15) is 45.4 Å². The smallest absolute Gasteiger partial charge is 0.0719 e. The number of benzene rings is 9. The van der Waals surface area contributed by atoms with E-state index in [0.717, 1.165) is 6.42 Å². The van der Waals surface area contributed by atoms with E-state index >= 15 is 0 Å². The number of para-hydroxylation sites is 1. The number of fused-ring (bicyclic) bond motifs is 10. The molecule has 0 N–H and O–H groups in total.